The largest absolute Gasteiger partial charge is 0.299 e. The van der Waals surface area contributed by atoms with Gasteiger partial charge < -0.3 is 0 Å². The van der Waals surface area contributed by atoms with Crippen LogP contribution in [0.25, 0.3) is 5.57 Å². The molecule has 3 nitrogen and oxygen atoms in total. The minimum atomic E-state index is -3.46. The van der Waals surface area contributed by atoms with E-state index in [9.17, 15) is 8.42 Å². The number of benzene rings is 2. The van der Waals surface area contributed by atoms with Gasteiger partial charge in [-0.2, -0.15) is 0 Å². The molecule has 0 radical (unpaired) electrons. The highest BCUT2D eigenvalue weighted by atomic mass is 32.2. The standard InChI is InChI=1S/C20H23NO2S/c1-2-13-21-14-11-17(12-15-21)18-7-6-10-20(16-18)24(22,23)19-8-4-3-5-9-19/h3-11,16H,2,12-15H2,1H3. The maximum atomic E-state index is 12.8. The molecule has 0 N–H and O–H groups in total. The normalized spacial score (nSPS) is 16.0. The Labute approximate surface area is 144 Å². The van der Waals surface area contributed by atoms with E-state index in [2.05, 4.69) is 17.9 Å². The van der Waals surface area contributed by atoms with Crippen LogP contribution in [0.5, 0.6) is 0 Å². The Morgan fingerprint density at radius 2 is 1.75 bits per heavy atom. The van der Waals surface area contributed by atoms with Gasteiger partial charge in [0.25, 0.3) is 0 Å². The van der Waals surface area contributed by atoms with Gasteiger partial charge in [0.2, 0.25) is 9.84 Å². The first-order valence-electron chi connectivity index (χ1n) is 8.43. The second kappa shape index (κ2) is 7.32. The van der Waals surface area contributed by atoms with E-state index in [0.717, 1.165) is 38.0 Å². The Morgan fingerprint density at radius 1 is 1.00 bits per heavy atom. The Morgan fingerprint density at radius 3 is 2.42 bits per heavy atom. The van der Waals surface area contributed by atoms with Crippen molar-refractivity contribution >= 4 is 15.4 Å². The van der Waals surface area contributed by atoms with Crippen molar-refractivity contribution in [2.24, 2.45) is 0 Å². The summed E-state index contributed by atoms with van der Waals surface area (Å²) in [5.41, 5.74) is 2.26. The van der Waals surface area contributed by atoms with Gasteiger partial charge in [-0.25, -0.2) is 8.42 Å². The molecule has 126 valence electrons. The summed E-state index contributed by atoms with van der Waals surface area (Å²) >= 11 is 0. The smallest absolute Gasteiger partial charge is 0.206 e. The van der Waals surface area contributed by atoms with Crippen molar-refractivity contribution < 1.29 is 8.42 Å². The topological polar surface area (TPSA) is 37.4 Å². The van der Waals surface area contributed by atoms with Crippen LogP contribution in [0.3, 0.4) is 0 Å². The molecule has 2 aromatic carbocycles. The summed E-state index contributed by atoms with van der Waals surface area (Å²) in [4.78, 5) is 3.13. The van der Waals surface area contributed by atoms with Crippen LogP contribution >= 0.6 is 0 Å². The van der Waals surface area contributed by atoms with Crippen molar-refractivity contribution in [2.75, 3.05) is 19.6 Å². The molecule has 4 heteroatoms. The number of hydrogen-bond acceptors (Lipinski definition) is 3. The Hall–Kier alpha value is -1.91. The summed E-state index contributed by atoms with van der Waals surface area (Å²) in [7, 11) is -3.46. The van der Waals surface area contributed by atoms with Crippen molar-refractivity contribution in [3.05, 3.63) is 66.2 Å². The number of rotatable bonds is 5. The van der Waals surface area contributed by atoms with E-state index >= 15 is 0 Å². The highest BCUT2D eigenvalue weighted by Crippen LogP contribution is 2.27. The van der Waals surface area contributed by atoms with Crippen LogP contribution in [0.4, 0.5) is 0 Å². The highest BCUT2D eigenvalue weighted by molar-refractivity contribution is 7.91. The average Bonchev–Trinajstić information content (AvgIpc) is 2.63. The van der Waals surface area contributed by atoms with E-state index in [1.165, 1.54) is 5.57 Å². The molecular weight excluding hydrogens is 318 g/mol. The molecule has 0 saturated carbocycles. The summed E-state index contributed by atoms with van der Waals surface area (Å²) in [5.74, 6) is 0. The van der Waals surface area contributed by atoms with Gasteiger partial charge in [0, 0.05) is 13.1 Å². The molecule has 3 rings (SSSR count). The van der Waals surface area contributed by atoms with Crippen molar-refractivity contribution in [3.8, 4) is 0 Å². The third kappa shape index (κ3) is 3.60. The minimum Gasteiger partial charge on any atom is -0.299 e. The molecule has 24 heavy (non-hydrogen) atoms. The molecule has 0 spiro atoms. The summed E-state index contributed by atoms with van der Waals surface area (Å²) in [5, 5.41) is 0. The van der Waals surface area contributed by atoms with E-state index in [0.29, 0.717) is 9.79 Å². The van der Waals surface area contributed by atoms with E-state index in [1.807, 2.05) is 24.3 Å². The SMILES string of the molecule is CCCN1CC=C(c2cccc(S(=O)(=O)c3ccccc3)c2)CC1. The lowest BCUT2D eigenvalue weighted by molar-refractivity contribution is 0.302. The first kappa shape index (κ1) is 16.9. The van der Waals surface area contributed by atoms with Crippen LogP contribution in [0.2, 0.25) is 0 Å². The number of sulfone groups is 1. The van der Waals surface area contributed by atoms with Gasteiger partial charge in [-0.15, -0.1) is 0 Å². The zero-order valence-corrected chi connectivity index (χ0v) is 14.8. The Bertz CT molecular complexity index is 826. The molecule has 0 atom stereocenters. The van der Waals surface area contributed by atoms with Gasteiger partial charge in [-0.05, 0) is 54.8 Å². The molecule has 0 aliphatic carbocycles. The van der Waals surface area contributed by atoms with Crippen LogP contribution in [0.1, 0.15) is 25.3 Å². The van der Waals surface area contributed by atoms with Crippen molar-refractivity contribution in [3.63, 3.8) is 0 Å². The average molecular weight is 341 g/mol. The van der Waals surface area contributed by atoms with Gasteiger partial charge in [-0.1, -0.05) is 43.3 Å². The maximum absolute atomic E-state index is 12.8. The van der Waals surface area contributed by atoms with Crippen molar-refractivity contribution in [2.45, 2.75) is 29.6 Å². The number of nitrogens with zero attached hydrogens (tertiary/aromatic N) is 1. The lowest BCUT2D eigenvalue weighted by atomic mass is 9.99. The van der Waals surface area contributed by atoms with E-state index in [4.69, 9.17) is 0 Å². The molecule has 0 saturated heterocycles. The molecule has 0 amide bonds. The first-order chi connectivity index (χ1) is 11.6. The second-order valence-corrected chi connectivity index (χ2v) is 8.07. The minimum absolute atomic E-state index is 0.342. The van der Waals surface area contributed by atoms with Crippen LogP contribution in [0.15, 0.2) is 70.5 Å². The van der Waals surface area contributed by atoms with E-state index < -0.39 is 9.84 Å². The van der Waals surface area contributed by atoms with Crippen LogP contribution in [-0.2, 0) is 9.84 Å². The molecule has 0 fully saturated rings. The first-order valence-corrected chi connectivity index (χ1v) is 9.91. The van der Waals surface area contributed by atoms with Crippen LogP contribution in [-0.4, -0.2) is 33.0 Å². The van der Waals surface area contributed by atoms with Gasteiger partial charge in [-0.3, -0.25) is 4.90 Å². The van der Waals surface area contributed by atoms with Crippen molar-refractivity contribution in [1.82, 2.24) is 4.90 Å². The fraction of sp³-hybridized carbons (Fsp3) is 0.300. The zero-order chi connectivity index (χ0) is 17.0. The van der Waals surface area contributed by atoms with Crippen LogP contribution in [0, 0.1) is 0 Å². The maximum Gasteiger partial charge on any atom is 0.206 e. The lowest BCUT2D eigenvalue weighted by Gasteiger charge is -2.26. The zero-order valence-electron chi connectivity index (χ0n) is 14.0. The third-order valence-corrected chi connectivity index (χ3v) is 6.17. The van der Waals surface area contributed by atoms with Gasteiger partial charge in [0.05, 0.1) is 9.79 Å². The molecular formula is C20H23NO2S. The molecule has 1 aliphatic rings. The highest BCUT2D eigenvalue weighted by Gasteiger charge is 2.19. The Kier molecular flexibility index (Phi) is 5.17. The molecule has 0 aromatic heterocycles. The monoisotopic (exact) mass is 341 g/mol. The fourth-order valence-corrected chi connectivity index (χ4v) is 4.42. The van der Waals surface area contributed by atoms with E-state index in [-0.39, 0.29) is 0 Å². The Balaban J connectivity index is 1.88. The third-order valence-electron chi connectivity index (χ3n) is 4.40. The predicted octanol–water partition coefficient (Wildman–Crippen LogP) is 4.02. The van der Waals surface area contributed by atoms with Gasteiger partial charge >= 0.3 is 0 Å². The van der Waals surface area contributed by atoms with Gasteiger partial charge in [0.15, 0.2) is 0 Å². The fourth-order valence-electron chi connectivity index (χ4n) is 3.09. The quantitative estimate of drug-likeness (QED) is 0.824. The summed E-state index contributed by atoms with van der Waals surface area (Å²) in [6, 6.07) is 15.9. The van der Waals surface area contributed by atoms with Crippen molar-refractivity contribution in [1.29, 1.82) is 0 Å². The molecule has 0 unspecified atom stereocenters. The molecule has 0 bridgehead atoms. The number of hydrogen-bond donors (Lipinski definition) is 0. The van der Waals surface area contributed by atoms with Gasteiger partial charge in [0.1, 0.15) is 0 Å². The molecule has 2 aromatic rings. The molecule has 1 aliphatic heterocycles. The lowest BCUT2D eigenvalue weighted by Crippen LogP contribution is -2.29. The predicted molar refractivity (Wildman–Crippen MR) is 97.7 cm³/mol. The summed E-state index contributed by atoms with van der Waals surface area (Å²) in [6.07, 6.45) is 4.36. The summed E-state index contributed by atoms with van der Waals surface area (Å²) in [6.45, 7) is 5.29. The van der Waals surface area contributed by atoms with E-state index in [1.54, 1.807) is 30.3 Å². The summed E-state index contributed by atoms with van der Waals surface area (Å²) < 4.78 is 25.6. The second-order valence-electron chi connectivity index (χ2n) is 6.12. The molecule has 1 heterocycles. The van der Waals surface area contributed by atoms with Crippen LogP contribution < -0.4 is 0 Å².